The molecule has 0 saturated carbocycles. The Balaban J connectivity index is 1.59. The van der Waals surface area contributed by atoms with Crippen LogP contribution in [0.3, 0.4) is 0 Å². The number of hydrazone groups is 1. The number of H-pyrrole nitrogens is 1. The quantitative estimate of drug-likeness (QED) is 0.370. The van der Waals surface area contributed by atoms with E-state index >= 15 is 0 Å². The summed E-state index contributed by atoms with van der Waals surface area (Å²) in [6.45, 7) is 4.35. The highest BCUT2D eigenvalue weighted by molar-refractivity contribution is 7.80. The summed E-state index contributed by atoms with van der Waals surface area (Å²) in [6.07, 6.45) is 3.69. The first-order valence-corrected chi connectivity index (χ1v) is 8.30. The minimum atomic E-state index is 0.461. The highest BCUT2D eigenvalue weighted by Crippen LogP contribution is 2.17. The van der Waals surface area contributed by atoms with E-state index in [-0.39, 0.29) is 0 Å². The fourth-order valence-electron chi connectivity index (χ4n) is 2.47. The van der Waals surface area contributed by atoms with Gasteiger partial charge in [0.2, 0.25) is 0 Å². The summed E-state index contributed by atoms with van der Waals surface area (Å²) in [5.41, 5.74) is 7.20. The van der Waals surface area contributed by atoms with Crippen LogP contribution in [0.5, 0.6) is 0 Å². The Labute approximate surface area is 147 Å². The number of rotatable bonds is 4. The lowest BCUT2D eigenvalue weighted by atomic mass is 10.0. The highest BCUT2D eigenvalue weighted by atomic mass is 32.1. The number of aromatic nitrogens is 1. The van der Waals surface area contributed by atoms with Crippen LogP contribution >= 0.6 is 12.2 Å². The Morgan fingerprint density at radius 1 is 1.12 bits per heavy atom. The van der Waals surface area contributed by atoms with Gasteiger partial charge < -0.3 is 10.3 Å². The second-order valence-electron chi connectivity index (χ2n) is 5.89. The van der Waals surface area contributed by atoms with Gasteiger partial charge in [0.25, 0.3) is 0 Å². The first kappa shape index (κ1) is 16.2. The van der Waals surface area contributed by atoms with Crippen molar-refractivity contribution >= 4 is 40.1 Å². The molecule has 5 heteroatoms. The van der Waals surface area contributed by atoms with E-state index in [1.807, 2.05) is 36.5 Å². The molecule has 0 spiro atoms. The Morgan fingerprint density at radius 2 is 1.88 bits per heavy atom. The number of nitrogens with zero attached hydrogens (tertiary/aromatic N) is 1. The molecule has 122 valence electrons. The van der Waals surface area contributed by atoms with E-state index in [0.29, 0.717) is 11.0 Å². The lowest BCUT2D eigenvalue weighted by molar-refractivity contribution is 0.867. The van der Waals surface area contributed by atoms with E-state index in [4.69, 9.17) is 12.2 Å². The number of hydrogen-bond acceptors (Lipinski definition) is 2. The second-order valence-corrected chi connectivity index (χ2v) is 6.30. The number of anilines is 1. The predicted molar refractivity (Wildman–Crippen MR) is 106 cm³/mol. The zero-order valence-corrected chi connectivity index (χ0v) is 14.5. The van der Waals surface area contributed by atoms with E-state index in [1.165, 1.54) is 5.56 Å². The molecule has 0 radical (unpaired) electrons. The van der Waals surface area contributed by atoms with Crippen LogP contribution in [-0.4, -0.2) is 16.3 Å². The Morgan fingerprint density at radius 3 is 2.62 bits per heavy atom. The summed E-state index contributed by atoms with van der Waals surface area (Å²) in [7, 11) is 0. The molecular formula is C19H20N4S. The SMILES string of the molecule is CC(C)c1ccc(NC(=S)N/N=C/c2c[nH]c3ccccc23)cc1. The molecule has 4 nitrogen and oxygen atoms in total. The number of hydrogen-bond donors (Lipinski definition) is 3. The van der Waals surface area contributed by atoms with Crippen LogP contribution in [0.15, 0.2) is 59.8 Å². The van der Waals surface area contributed by atoms with Gasteiger partial charge in [-0.25, -0.2) is 0 Å². The number of para-hydroxylation sites is 1. The fourth-order valence-corrected chi connectivity index (χ4v) is 2.64. The molecule has 0 unspecified atom stereocenters. The van der Waals surface area contributed by atoms with Crippen LogP contribution in [0, 0.1) is 0 Å². The first-order valence-electron chi connectivity index (χ1n) is 7.89. The summed E-state index contributed by atoms with van der Waals surface area (Å²) in [5, 5.41) is 8.92. The average Bonchev–Trinajstić information content (AvgIpc) is 2.99. The molecule has 0 aliphatic heterocycles. The van der Waals surface area contributed by atoms with Gasteiger partial charge in [0.1, 0.15) is 0 Å². The molecule has 0 bridgehead atoms. The molecule has 1 aromatic heterocycles. The van der Waals surface area contributed by atoms with Gasteiger partial charge in [-0.2, -0.15) is 5.10 Å². The highest BCUT2D eigenvalue weighted by Gasteiger charge is 2.01. The number of aromatic amines is 1. The van der Waals surface area contributed by atoms with Crippen molar-refractivity contribution in [2.75, 3.05) is 5.32 Å². The second kappa shape index (κ2) is 7.27. The van der Waals surface area contributed by atoms with Gasteiger partial charge in [0.05, 0.1) is 6.21 Å². The summed E-state index contributed by atoms with van der Waals surface area (Å²) in [6, 6.07) is 16.3. The monoisotopic (exact) mass is 336 g/mol. The molecule has 1 heterocycles. The minimum absolute atomic E-state index is 0.461. The molecule has 0 atom stereocenters. The maximum Gasteiger partial charge on any atom is 0.191 e. The molecule has 24 heavy (non-hydrogen) atoms. The van der Waals surface area contributed by atoms with Crippen molar-refractivity contribution in [2.24, 2.45) is 5.10 Å². The molecule has 0 amide bonds. The van der Waals surface area contributed by atoms with Crippen LogP contribution in [0.2, 0.25) is 0 Å². The van der Waals surface area contributed by atoms with E-state index in [9.17, 15) is 0 Å². The van der Waals surface area contributed by atoms with Crippen molar-refractivity contribution < 1.29 is 0 Å². The van der Waals surface area contributed by atoms with Crippen LogP contribution in [-0.2, 0) is 0 Å². The standard InChI is InChI=1S/C19H20N4S/c1-13(2)14-7-9-16(10-8-14)22-19(24)23-21-12-15-11-20-18-6-4-3-5-17(15)18/h3-13,20H,1-2H3,(H2,22,23,24)/b21-12+. The van der Waals surface area contributed by atoms with Crippen molar-refractivity contribution in [3.8, 4) is 0 Å². The molecule has 3 rings (SSSR count). The average molecular weight is 336 g/mol. The van der Waals surface area contributed by atoms with E-state index in [0.717, 1.165) is 22.2 Å². The molecule has 3 N–H and O–H groups in total. The van der Waals surface area contributed by atoms with Crippen molar-refractivity contribution in [2.45, 2.75) is 19.8 Å². The first-order chi connectivity index (χ1) is 11.6. The molecule has 0 fully saturated rings. The zero-order valence-electron chi connectivity index (χ0n) is 13.7. The van der Waals surface area contributed by atoms with Gasteiger partial charge >= 0.3 is 0 Å². The van der Waals surface area contributed by atoms with Gasteiger partial charge in [-0.3, -0.25) is 5.43 Å². The van der Waals surface area contributed by atoms with Crippen molar-refractivity contribution in [3.63, 3.8) is 0 Å². The molecule has 3 aromatic rings. The third-order valence-corrected chi connectivity index (χ3v) is 4.02. The summed E-state index contributed by atoms with van der Waals surface area (Å²) in [4.78, 5) is 3.21. The van der Waals surface area contributed by atoms with Gasteiger partial charge in [-0.1, -0.05) is 44.2 Å². The van der Waals surface area contributed by atoms with Crippen molar-refractivity contribution in [1.29, 1.82) is 0 Å². The zero-order chi connectivity index (χ0) is 16.9. The van der Waals surface area contributed by atoms with Gasteiger partial charge in [0, 0.05) is 28.4 Å². The number of nitrogens with one attached hydrogen (secondary N) is 3. The summed E-state index contributed by atoms with van der Waals surface area (Å²) in [5.74, 6) is 0.518. The lowest BCUT2D eigenvalue weighted by Gasteiger charge is -2.09. The van der Waals surface area contributed by atoms with Crippen LogP contribution in [0.4, 0.5) is 5.69 Å². The number of fused-ring (bicyclic) bond motifs is 1. The molecule has 0 aliphatic carbocycles. The Kier molecular flexibility index (Phi) is 4.91. The number of thiocarbonyl (C=S) groups is 1. The van der Waals surface area contributed by atoms with E-state index in [1.54, 1.807) is 6.21 Å². The molecule has 0 saturated heterocycles. The van der Waals surface area contributed by atoms with Crippen LogP contribution < -0.4 is 10.7 Å². The van der Waals surface area contributed by atoms with Crippen LogP contribution in [0.1, 0.15) is 30.9 Å². The minimum Gasteiger partial charge on any atom is -0.361 e. The van der Waals surface area contributed by atoms with Gasteiger partial charge in [-0.05, 0) is 41.9 Å². The predicted octanol–water partition coefficient (Wildman–Crippen LogP) is 4.61. The molecule has 2 aromatic carbocycles. The van der Waals surface area contributed by atoms with Crippen molar-refractivity contribution in [3.05, 3.63) is 65.9 Å². The third kappa shape index (κ3) is 3.81. The summed E-state index contributed by atoms with van der Waals surface area (Å²) >= 11 is 5.27. The van der Waals surface area contributed by atoms with Gasteiger partial charge in [0.15, 0.2) is 5.11 Å². The maximum absolute atomic E-state index is 5.27. The van der Waals surface area contributed by atoms with E-state index < -0.39 is 0 Å². The maximum atomic E-state index is 5.27. The summed E-state index contributed by atoms with van der Waals surface area (Å²) < 4.78 is 0. The van der Waals surface area contributed by atoms with Gasteiger partial charge in [-0.15, -0.1) is 0 Å². The third-order valence-electron chi connectivity index (χ3n) is 3.83. The Bertz CT molecular complexity index is 862. The number of benzene rings is 2. The Hall–Kier alpha value is -2.66. The smallest absolute Gasteiger partial charge is 0.191 e. The lowest BCUT2D eigenvalue weighted by Crippen LogP contribution is -2.23. The fraction of sp³-hybridized carbons (Fsp3) is 0.158. The molecular weight excluding hydrogens is 316 g/mol. The normalized spacial score (nSPS) is 11.3. The van der Waals surface area contributed by atoms with Crippen LogP contribution in [0.25, 0.3) is 10.9 Å². The van der Waals surface area contributed by atoms with E-state index in [2.05, 4.69) is 52.9 Å². The largest absolute Gasteiger partial charge is 0.361 e. The van der Waals surface area contributed by atoms with Crippen molar-refractivity contribution in [1.82, 2.24) is 10.4 Å². The topological polar surface area (TPSA) is 52.2 Å². The molecule has 0 aliphatic rings.